The van der Waals surface area contributed by atoms with Crippen molar-refractivity contribution in [1.29, 1.82) is 0 Å². The van der Waals surface area contributed by atoms with E-state index in [1.165, 1.54) is 6.20 Å². The van der Waals surface area contributed by atoms with Gasteiger partial charge in [-0.3, -0.25) is 9.55 Å². The fourth-order valence-corrected chi connectivity index (χ4v) is 5.36. The SMILES string of the molecule is [2H]c1c([2H])c([2H])c(-c2nc(-c3c([2H])c([2H])c([2H])c([2H])c3-n3c4ccccc4c4cnccc43)nc(-n3c4c([2H])c([2H])c([2H])c([2H])c4c4c([2H])c([2H])c([2H])c([2H])c43)n2)c([2H])c1[2H]. The van der Waals surface area contributed by atoms with Crippen molar-refractivity contribution in [3.63, 3.8) is 0 Å². The molecule has 6 heteroatoms. The summed E-state index contributed by atoms with van der Waals surface area (Å²) in [6.45, 7) is 0. The van der Waals surface area contributed by atoms with E-state index in [9.17, 15) is 2.74 Å². The van der Waals surface area contributed by atoms with Crippen molar-refractivity contribution in [2.45, 2.75) is 0 Å². The summed E-state index contributed by atoms with van der Waals surface area (Å²) in [5.74, 6) is -1.85. The lowest BCUT2D eigenvalue weighted by Crippen LogP contribution is -2.07. The van der Waals surface area contributed by atoms with Crippen molar-refractivity contribution < 1.29 is 23.3 Å². The summed E-state index contributed by atoms with van der Waals surface area (Å²) in [6.07, 6.45) is 3.08. The summed E-state index contributed by atoms with van der Waals surface area (Å²) in [7, 11) is 0. The van der Waals surface area contributed by atoms with E-state index in [2.05, 4.69) is 19.9 Å². The Morgan fingerprint density at radius 2 is 1.16 bits per heavy atom. The van der Waals surface area contributed by atoms with Gasteiger partial charge in [-0.05, 0) is 36.3 Å². The number of pyridine rings is 1. The van der Waals surface area contributed by atoms with Crippen LogP contribution in [0.5, 0.6) is 0 Å². The zero-order valence-corrected chi connectivity index (χ0v) is 22.2. The molecule has 9 aromatic rings. The van der Waals surface area contributed by atoms with Gasteiger partial charge in [-0.2, -0.15) is 9.97 Å². The third-order valence-corrected chi connectivity index (χ3v) is 7.17. The van der Waals surface area contributed by atoms with Gasteiger partial charge < -0.3 is 4.57 Å². The van der Waals surface area contributed by atoms with E-state index in [4.69, 9.17) is 20.6 Å². The molecule has 0 N–H and O–H groups in total. The van der Waals surface area contributed by atoms with Crippen LogP contribution in [0.15, 0.2) is 145 Å². The van der Waals surface area contributed by atoms with Crippen molar-refractivity contribution in [1.82, 2.24) is 29.1 Å². The van der Waals surface area contributed by atoms with Crippen molar-refractivity contribution >= 4 is 43.6 Å². The molecular weight excluding hydrogens is 540 g/mol. The second-order valence-electron chi connectivity index (χ2n) is 9.53. The highest BCUT2D eigenvalue weighted by Gasteiger charge is 2.20. The van der Waals surface area contributed by atoms with Gasteiger partial charge in [-0.1, -0.05) is 96.8 Å². The maximum Gasteiger partial charge on any atom is 0.238 e. The minimum Gasteiger partial charge on any atom is -0.308 e. The Morgan fingerprint density at radius 1 is 0.500 bits per heavy atom. The van der Waals surface area contributed by atoms with Gasteiger partial charge >= 0.3 is 0 Å². The molecule has 0 fully saturated rings. The molecule has 4 aromatic heterocycles. The average Bonchev–Trinajstić information content (AvgIpc) is 3.79. The zero-order chi connectivity index (χ0) is 43.8. The van der Waals surface area contributed by atoms with Crippen molar-refractivity contribution in [2.75, 3.05) is 0 Å². The van der Waals surface area contributed by atoms with Gasteiger partial charge in [0, 0.05) is 45.1 Å². The van der Waals surface area contributed by atoms with Crippen molar-refractivity contribution in [3.8, 4) is 34.4 Å². The van der Waals surface area contributed by atoms with Gasteiger partial charge in [0.15, 0.2) is 11.6 Å². The molecule has 0 amide bonds. The standard InChI is InChI=1S/C38H24N6/c1-2-12-25(13-3-1)36-40-37(42-38(41-36)44-32-19-9-4-14-26(32)27-15-5-10-20-33(27)44)29-17-7-11-21-34(29)43-31-18-8-6-16-28(31)30-24-39-23-22-35(30)43/h1-24H/i1D,2D,3D,4D,5D,7D,9D,10D,11D,12D,13D,14D,15D,17D,19D,20D,21D. The van der Waals surface area contributed by atoms with E-state index in [1.807, 2.05) is 0 Å². The van der Waals surface area contributed by atoms with Gasteiger partial charge in [-0.15, -0.1) is 0 Å². The molecule has 44 heavy (non-hydrogen) atoms. The molecule has 0 spiro atoms. The smallest absolute Gasteiger partial charge is 0.238 e. The summed E-state index contributed by atoms with van der Waals surface area (Å²) in [5.41, 5.74) is -1.02. The molecular formula is C38H24N6. The number of fused-ring (bicyclic) bond motifs is 6. The summed E-state index contributed by atoms with van der Waals surface area (Å²) >= 11 is 0. The Labute approximate surface area is 276 Å². The maximum atomic E-state index is 9.34. The first kappa shape index (κ1) is 13.0. The van der Waals surface area contributed by atoms with Crippen LogP contribution in [0.2, 0.25) is 0 Å². The zero-order valence-electron chi connectivity index (χ0n) is 39.2. The van der Waals surface area contributed by atoms with Crippen LogP contribution in [0.1, 0.15) is 23.3 Å². The van der Waals surface area contributed by atoms with Crippen molar-refractivity contribution in [3.05, 3.63) is 145 Å². The number of rotatable bonds is 4. The fourth-order valence-electron chi connectivity index (χ4n) is 5.36. The number of aromatic nitrogens is 6. The van der Waals surface area contributed by atoms with Gasteiger partial charge in [0.1, 0.15) is 0 Å². The summed E-state index contributed by atoms with van der Waals surface area (Å²) in [4.78, 5) is 17.9. The quantitative estimate of drug-likeness (QED) is 0.208. The minimum atomic E-state index is -0.777. The predicted molar refractivity (Wildman–Crippen MR) is 177 cm³/mol. The van der Waals surface area contributed by atoms with Gasteiger partial charge in [0.2, 0.25) is 5.95 Å². The van der Waals surface area contributed by atoms with Gasteiger partial charge in [0.05, 0.1) is 51.1 Å². The van der Waals surface area contributed by atoms with Crippen LogP contribution in [-0.4, -0.2) is 29.1 Å². The van der Waals surface area contributed by atoms with Gasteiger partial charge in [-0.25, -0.2) is 4.98 Å². The Kier molecular flexibility index (Phi) is 2.87. The first-order valence-electron chi connectivity index (χ1n) is 21.7. The molecule has 0 unspecified atom stereocenters. The number of hydrogen-bond donors (Lipinski definition) is 0. The highest BCUT2D eigenvalue weighted by atomic mass is 15.2. The van der Waals surface area contributed by atoms with E-state index >= 15 is 0 Å². The molecule has 0 aliphatic carbocycles. The van der Waals surface area contributed by atoms with E-state index in [1.54, 1.807) is 41.1 Å². The normalized spacial score (nSPS) is 17.0. The minimum absolute atomic E-state index is 0.182. The van der Waals surface area contributed by atoms with Crippen LogP contribution in [0, 0.1) is 0 Å². The summed E-state index contributed by atoms with van der Waals surface area (Å²) < 4.78 is 151. The van der Waals surface area contributed by atoms with E-state index in [-0.39, 0.29) is 22.0 Å². The van der Waals surface area contributed by atoms with Crippen LogP contribution in [0.4, 0.5) is 0 Å². The van der Waals surface area contributed by atoms with Crippen LogP contribution < -0.4 is 0 Å². The topological polar surface area (TPSA) is 61.4 Å². The number of hydrogen-bond acceptors (Lipinski definition) is 4. The Morgan fingerprint density at radius 3 is 1.98 bits per heavy atom. The molecule has 0 saturated carbocycles. The molecule has 9 rings (SSSR count). The molecule has 0 aliphatic rings. The molecule has 0 bridgehead atoms. The second kappa shape index (κ2) is 9.71. The molecule has 5 aromatic carbocycles. The highest BCUT2D eigenvalue weighted by Crippen LogP contribution is 2.36. The summed E-state index contributed by atoms with van der Waals surface area (Å²) in [6, 6.07) is -3.48. The lowest BCUT2D eigenvalue weighted by molar-refractivity contribution is 0.951. The third-order valence-electron chi connectivity index (χ3n) is 7.17. The van der Waals surface area contributed by atoms with E-state index in [0.717, 1.165) is 4.57 Å². The van der Waals surface area contributed by atoms with Gasteiger partial charge in [0.25, 0.3) is 0 Å². The van der Waals surface area contributed by atoms with Crippen LogP contribution in [0.25, 0.3) is 78.0 Å². The Hall–Kier alpha value is -6.14. The number of benzene rings is 5. The van der Waals surface area contributed by atoms with Crippen molar-refractivity contribution in [2.24, 2.45) is 0 Å². The second-order valence-corrected chi connectivity index (χ2v) is 9.53. The fraction of sp³-hybridized carbons (Fsp3) is 0. The Bertz CT molecular complexity index is 3310. The lowest BCUT2D eigenvalue weighted by atomic mass is 10.1. The predicted octanol–water partition coefficient (Wildman–Crippen LogP) is 8.79. The van der Waals surface area contributed by atoms with Crippen LogP contribution in [-0.2, 0) is 0 Å². The number of nitrogens with zero attached hydrogens (tertiary/aromatic N) is 6. The molecule has 206 valence electrons. The monoisotopic (exact) mass is 581 g/mol. The number of para-hydroxylation sites is 4. The van der Waals surface area contributed by atoms with E-state index in [0.29, 0.717) is 21.8 Å². The third kappa shape index (κ3) is 3.68. The first-order valence-corrected chi connectivity index (χ1v) is 13.2. The highest BCUT2D eigenvalue weighted by molar-refractivity contribution is 6.10. The first-order chi connectivity index (χ1) is 28.9. The molecule has 0 atom stereocenters. The molecule has 4 heterocycles. The molecule has 0 radical (unpaired) electrons. The average molecular weight is 582 g/mol. The molecule has 0 saturated heterocycles. The lowest BCUT2D eigenvalue weighted by Gasteiger charge is -2.15. The largest absolute Gasteiger partial charge is 0.308 e. The van der Waals surface area contributed by atoms with Crippen LogP contribution >= 0.6 is 0 Å². The maximum absolute atomic E-state index is 9.34. The molecule has 6 nitrogen and oxygen atoms in total. The van der Waals surface area contributed by atoms with E-state index < -0.39 is 137 Å². The molecule has 0 aliphatic heterocycles. The van der Waals surface area contributed by atoms with Crippen LogP contribution in [0.3, 0.4) is 0 Å². The summed E-state index contributed by atoms with van der Waals surface area (Å²) in [5, 5.41) is 0.607. The Balaban J connectivity index is 1.54.